The molecule has 2 rings (SSSR count). The fourth-order valence-electron chi connectivity index (χ4n) is 2.00. The van der Waals surface area contributed by atoms with Gasteiger partial charge in [0.15, 0.2) is 9.84 Å². The van der Waals surface area contributed by atoms with E-state index in [9.17, 15) is 26.4 Å². The minimum Gasteiger partial charge on any atom is -0.347 e. The number of hydrogen-bond acceptors (Lipinski definition) is 3. The standard InChI is InChI=1S/C12H11ClF3NO3S/c13-9-5-21(19,20)6-10(9)17-11(18)7-1-3-8(4-2-7)12(14,15)16/h1-4,9-10H,5-6H2,(H,17,18). The van der Waals surface area contributed by atoms with E-state index in [0.29, 0.717) is 0 Å². The van der Waals surface area contributed by atoms with E-state index in [1.54, 1.807) is 0 Å². The molecule has 1 N–H and O–H groups in total. The highest BCUT2D eigenvalue weighted by molar-refractivity contribution is 7.91. The number of alkyl halides is 4. The van der Waals surface area contributed by atoms with Gasteiger partial charge in [-0.3, -0.25) is 4.79 Å². The predicted molar refractivity (Wildman–Crippen MR) is 71.0 cm³/mol. The normalized spacial score (nSPS) is 24.8. The Morgan fingerprint density at radius 1 is 1.19 bits per heavy atom. The third kappa shape index (κ3) is 3.88. The molecule has 4 nitrogen and oxygen atoms in total. The maximum absolute atomic E-state index is 12.4. The lowest BCUT2D eigenvalue weighted by molar-refractivity contribution is -0.137. The van der Waals surface area contributed by atoms with E-state index in [-0.39, 0.29) is 17.1 Å². The summed E-state index contributed by atoms with van der Waals surface area (Å²) in [5.41, 5.74) is -0.853. The Kier molecular flexibility index (Phi) is 4.21. The molecule has 1 saturated heterocycles. The maximum atomic E-state index is 12.4. The minimum atomic E-state index is -4.48. The van der Waals surface area contributed by atoms with Crippen LogP contribution in [0.25, 0.3) is 0 Å². The van der Waals surface area contributed by atoms with Gasteiger partial charge in [0.25, 0.3) is 5.91 Å². The van der Waals surface area contributed by atoms with Gasteiger partial charge in [-0.2, -0.15) is 13.2 Å². The maximum Gasteiger partial charge on any atom is 0.416 e. The lowest BCUT2D eigenvalue weighted by Gasteiger charge is -2.14. The van der Waals surface area contributed by atoms with Crippen molar-refractivity contribution < 1.29 is 26.4 Å². The molecule has 1 aromatic rings. The van der Waals surface area contributed by atoms with E-state index in [4.69, 9.17) is 11.6 Å². The fourth-order valence-corrected chi connectivity index (χ4v) is 4.55. The summed E-state index contributed by atoms with van der Waals surface area (Å²) in [6, 6.07) is 2.90. The highest BCUT2D eigenvalue weighted by Crippen LogP contribution is 2.29. The van der Waals surface area contributed by atoms with Gasteiger partial charge in [0.2, 0.25) is 0 Å². The first kappa shape index (κ1) is 16.1. The van der Waals surface area contributed by atoms with Crippen molar-refractivity contribution in [3.8, 4) is 0 Å². The third-order valence-electron chi connectivity index (χ3n) is 3.07. The van der Waals surface area contributed by atoms with Crippen LogP contribution in [-0.4, -0.2) is 37.2 Å². The van der Waals surface area contributed by atoms with E-state index >= 15 is 0 Å². The van der Waals surface area contributed by atoms with Gasteiger partial charge in [0.1, 0.15) is 0 Å². The molecule has 1 aromatic carbocycles. The van der Waals surface area contributed by atoms with Crippen molar-refractivity contribution in [2.45, 2.75) is 17.6 Å². The molecule has 116 valence electrons. The summed E-state index contributed by atoms with van der Waals surface area (Å²) in [7, 11) is -3.29. The predicted octanol–water partition coefficient (Wildman–Crippen LogP) is 1.84. The van der Waals surface area contributed by atoms with Crippen molar-refractivity contribution in [2.75, 3.05) is 11.5 Å². The molecular weight excluding hydrogens is 331 g/mol. The summed E-state index contributed by atoms with van der Waals surface area (Å²) in [4.78, 5) is 11.9. The molecule has 0 spiro atoms. The van der Waals surface area contributed by atoms with Crippen molar-refractivity contribution in [3.63, 3.8) is 0 Å². The molecule has 0 saturated carbocycles. The summed E-state index contributed by atoms with van der Waals surface area (Å²) >= 11 is 5.84. The van der Waals surface area contributed by atoms with Crippen LogP contribution in [-0.2, 0) is 16.0 Å². The summed E-state index contributed by atoms with van der Waals surface area (Å²) in [5.74, 6) is -1.16. The van der Waals surface area contributed by atoms with Crippen LogP contribution < -0.4 is 5.32 Å². The number of carbonyl (C=O) groups is 1. The number of halogens is 4. The number of rotatable bonds is 2. The number of nitrogens with one attached hydrogen (secondary N) is 1. The molecule has 0 aliphatic carbocycles. The second kappa shape index (κ2) is 5.49. The first-order chi connectivity index (χ1) is 9.58. The second-order valence-corrected chi connectivity index (χ2v) is 7.46. The lowest BCUT2D eigenvalue weighted by atomic mass is 10.1. The zero-order valence-electron chi connectivity index (χ0n) is 10.5. The number of sulfone groups is 1. The molecule has 0 radical (unpaired) electrons. The average Bonchev–Trinajstić information content (AvgIpc) is 2.61. The average molecular weight is 342 g/mol. The van der Waals surface area contributed by atoms with Crippen LogP contribution in [0.2, 0.25) is 0 Å². The lowest BCUT2D eigenvalue weighted by Crippen LogP contribution is -2.40. The highest BCUT2D eigenvalue weighted by atomic mass is 35.5. The van der Waals surface area contributed by atoms with E-state index in [0.717, 1.165) is 24.3 Å². The van der Waals surface area contributed by atoms with E-state index < -0.39 is 38.9 Å². The van der Waals surface area contributed by atoms with Crippen LogP contribution >= 0.6 is 11.6 Å². The molecule has 1 aliphatic rings. The molecule has 0 aromatic heterocycles. The minimum absolute atomic E-state index is 0.0103. The largest absolute Gasteiger partial charge is 0.416 e. The van der Waals surface area contributed by atoms with Crippen molar-refractivity contribution in [3.05, 3.63) is 35.4 Å². The third-order valence-corrected chi connectivity index (χ3v) is 5.45. The van der Waals surface area contributed by atoms with E-state index in [1.807, 2.05) is 0 Å². The quantitative estimate of drug-likeness (QED) is 0.835. The van der Waals surface area contributed by atoms with Gasteiger partial charge in [-0.05, 0) is 24.3 Å². The first-order valence-corrected chi connectivity index (χ1v) is 8.17. The second-order valence-electron chi connectivity index (χ2n) is 4.75. The summed E-state index contributed by atoms with van der Waals surface area (Å²) in [5, 5.41) is 1.69. The van der Waals surface area contributed by atoms with E-state index in [2.05, 4.69) is 5.32 Å². The van der Waals surface area contributed by atoms with E-state index in [1.165, 1.54) is 0 Å². The van der Waals surface area contributed by atoms with Gasteiger partial charge >= 0.3 is 6.18 Å². The van der Waals surface area contributed by atoms with Crippen LogP contribution in [0.5, 0.6) is 0 Å². The zero-order chi connectivity index (χ0) is 15.8. The molecular formula is C12H11ClF3NO3S. The topological polar surface area (TPSA) is 63.2 Å². The van der Waals surface area contributed by atoms with Gasteiger partial charge in [0, 0.05) is 5.56 Å². The molecule has 21 heavy (non-hydrogen) atoms. The summed E-state index contributed by atoms with van der Waals surface area (Å²) in [6.45, 7) is 0. The van der Waals surface area contributed by atoms with Crippen molar-refractivity contribution in [2.24, 2.45) is 0 Å². The van der Waals surface area contributed by atoms with Crippen LogP contribution in [0.3, 0.4) is 0 Å². The molecule has 1 fully saturated rings. The molecule has 1 aliphatic heterocycles. The molecule has 1 heterocycles. The number of amides is 1. The Labute approximate surface area is 124 Å². The van der Waals surface area contributed by atoms with Crippen LogP contribution in [0, 0.1) is 0 Å². The molecule has 0 bridgehead atoms. The number of benzene rings is 1. The fraction of sp³-hybridized carbons (Fsp3) is 0.417. The molecule has 9 heteroatoms. The molecule has 2 atom stereocenters. The highest BCUT2D eigenvalue weighted by Gasteiger charge is 2.37. The van der Waals surface area contributed by atoms with Gasteiger partial charge in [0.05, 0.1) is 28.5 Å². The number of hydrogen-bond donors (Lipinski definition) is 1. The summed E-state index contributed by atoms with van der Waals surface area (Å²) < 4.78 is 59.9. The van der Waals surface area contributed by atoms with Crippen LogP contribution in [0.1, 0.15) is 15.9 Å². The SMILES string of the molecule is O=C(NC1CS(=O)(=O)CC1Cl)c1ccc(C(F)(F)F)cc1. The Morgan fingerprint density at radius 2 is 1.76 bits per heavy atom. The Balaban J connectivity index is 2.08. The van der Waals surface area contributed by atoms with Crippen molar-refractivity contribution in [1.82, 2.24) is 5.32 Å². The zero-order valence-corrected chi connectivity index (χ0v) is 12.1. The summed E-state index contributed by atoms with van der Waals surface area (Å²) in [6.07, 6.45) is -4.48. The smallest absolute Gasteiger partial charge is 0.347 e. The monoisotopic (exact) mass is 341 g/mol. The van der Waals surface area contributed by atoms with Crippen LogP contribution in [0.4, 0.5) is 13.2 Å². The van der Waals surface area contributed by atoms with Gasteiger partial charge < -0.3 is 5.32 Å². The number of carbonyl (C=O) groups excluding carboxylic acids is 1. The van der Waals surface area contributed by atoms with Crippen molar-refractivity contribution >= 4 is 27.3 Å². The Hall–Kier alpha value is -1.28. The van der Waals surface area contributed by atoms with Gasteiger partial charge in [-0.1, -0.05) is 0 Å². The van der Waals surface area contributed by atoms with Crippen LogP contribution in [0.15, 0.2) is 24.3 Å². The van der Waals surface area contributed by atoms with Gasteiger partial charge in [-0.15, -0.1) is 11.6 Å². The molecule has 1 amide bonds. The molecule has 2 unspecified atom stereocenters. The first-order valence-electron chi connectivity index (χ1n) is 5.91. The van der Waals surface area contributed by atoms with Gasteiger partial charge in [-0.25, -0.2) is 8.42 Å². The Bertz CT molecular complexity index is 643. The van der Waals surface area contributed by atoms with Crippen molar-refractivity contribution in [1.29, 1.82) is 0 Å². The Morgan fingerprint density at radius 3 is 2.19 bits per heavy atom.